The molecular weight excluding hydrogens is 305 g/mol. The van der Waals surface area contributed by atoms with Gasteiger partial charge in [0.1, 0.15) is 10.3 Å². The van der Waals surface area contributed by atoms with Gasteiger partial charge in [0.25, 0.3) is 5.91 Å². The van der Waals surface area contributed by atoms with Crippen LogP contribution < -0.4 is 5.32 Å². The Morgan fingerprint density at radius 3 is 2.88 bits per heavy atom. The van der Waals surface area contributed by atoms with Gasteiger partial charge in [0.05, 0.1) is 16.4 Å². The van der Waals surface area contributed by atoms with Crippen LogP contribution in [0.3, 0.4) is 0 Å². The molecule has 6 heteroatoms. The predicted octanol–water partition coefficient (Wildman–Crippen LogP) is 3.39. The number of carbonyl (C=O) groups is 1. The van der Waals surface area contributed by atoms with Crippen LogP contribution in [-0.2, 0) is 0 Å². The van der Waals surface area contributed by atoms with Gasteiger partial charge < -0.3 is 10.3 Å². The van der Waals surface area contributed by atoms with Crippen molar-refractivity contribution in [2.75, 3.05) is 5.32 Å². The highest BCUT2D eigenvalue weighted by Crippen LogP contribution is 2.17. The summed E-state index contributed by atoms with van der Waals surface area (Å²) in [7, 11) is 0. The molecule has 0 radical (unpaired) electrons. The van der Waals surface area contributed by atoms with Crippen LogP contribution in [0.2, 0.25) is 5.02 Å². The summed E-state index contributed by atoms with van der Waals surface area (Å²) in [5.41, 5.74) is 1.83. The molecule has 2 rings (SSSR count). The number of pyridine rings is 1. The molecule has 0 aliphatic carbocycles. The monoisotopic (exact) mass is 313 g/mol. The Bertz CT molecular complexity index is 568. The lowest BCUT2D eigenvalue weighted by Gasteiger charge is -2.06. The zero-order valence-electron chi connectivity index (χ0n) is 8.92. The average Bonchev–Trinajstić information content (AvgIpc) is 2.69. The van der Waals surface area contributed by atoms with E-state index < -0.39 is 0 Å². The van der Waals surface area contributed by atoms with Gasteiger partial charge in [0, 0.05) is 6.20 Å². The molecule has 0 aromatic carbocycles. The fourth-order valence-electron chi connectivity index (χ4n) is 1.35. The Labute approximate surface area is 112 Å². The van der Waals surface area contributed by atoms with Gasteiger partial charge in [-0.1, -0.05) is 11.6 Å². The summed E-state index contributed by atoms with van der Waals surface area (Å²) in [5, 5.41) is 3.26. The summed E-state index contributed by atoms with van der Waals surface area (Å²) in [6.07, 6.45) is 1.56. The van der Waals surface area contributed by atoms with E-state index in [2.05, 4.69) is 31.2 Å². The van der Waals surface area contributed by atoms with E-state index in [-0.39, 0.29) is 5.91 Å². The summed E-state index contributed by atoms with van der Waals surface area (Å²) in [6, 6.07) is 5.12. The van der Waals surface area contributed by atoms with Crippen molar-refractivity contribution in [2.45, 2.75) is 6.92 Å². The van der Waals surface area contributed by atoms with Crippen LogP contribution >= 0.6 is 27.5 Å². The van der Waals surface area contributed by atoms with Crippen LogP contribution in [-0.4, -0.2) is 15.9 Å². The van der Waals surface area contributed by atoms with Crippen molar-refractivity contribution in [1.82, 2.24) is 9.97 Å². The Kier molecular flexibility index (Phi) is 3.49. The first-order valence-corrected chi connectivity index (χ1v) is 6.02. The number of H-pyrrole nitrogens is 1. The standard InChI is InChI=1S/C11H9BrClN3O/c1-6-8(2-3-10(12)15-6)16-11(17)9-4-7(13)5-14-9/h2-5,14H,1H3,(H,16,17). The number of aryl methyl sites for hydroxylation is 1. The molecule has 0 bridgehead atoms. The van der Waals surface area contributed by atoms with Gasteiger partial charge in [0.2, 0.25) is 0 Å². The molecule has 0 fully saturated rings. The number of halogens is 2. The molecule has 2 aromatic rings. The van der Waals surface area contributed by atoms with Gasteiger partial charge in [-0.25, -0.2) is 4.98 Å². The lowest BCUT2D eigenvalue weighted by molar-refractivity contribution is 0.102. The molecule has 17 heavy (non-hydrogen) atoms. The number of anilines is 1. The van der Waals surface area contributed by atoms with Crippen LogP contribution in [0.4, 0.5) is 5.69 Å². The molecule has 0 aliphatic heterocycles. The topological polar surface area (TPSA) is 57.8 Å². The number of aromatic amines is 1. The lowest BCUT2D eigenvalue weighted by atomic mass is 10.3. The number of rotatable bonds is 2. The number of hydrogen-bond donors (Lipinski definition) is 2. The summed E-state index contributed by atoms with van der Waals surface area (Å²) in [6.45, 7) is 1.82. The molecule has 4 nitrogen and oxygen atoms in total. The second-order valence-electron chi connectivity index (χ2n) is 3.45. The quantitative estimate of drug-likeness (QED) is 0.835. The molecule has 0 aliphatic rings. The van der Waals surface area contributed by atoms with Gasteiger partial charge >= 0.3 is 0 Å². The maximum Gasteiger partial charge on any atom is 0.272 e. The number of nitrogens with one attached hydrogen (secondary N) is 2. The SMILES string of the molecule is Cc1nc(Br)ccc1NC(=O)c1cc(Cl)c[nH]1. The molecule has 88 valence electrons. The summed E-state index contributed by atoms with van der Waals surface area (Å²) >= 11 is 8.99. The number of carbonyl (C=O) groups excluding carboxylic acids is 1. The minimum Gasteiger partial charge on any atom is -0.356 e. The maximum atomic E-state index is 11.8. The fourth-order valence-corrected chi connectivity index (χ4v) is 1.91. The number of aromatic nitrogens is 2. The fraction of sp³-hybridized carbons (Fsp3) is 0.0909. The average molecular weight is 315 g/mol. The van der Waals surface area contributed by atoms with Crippen molar-refractivity contribution in [1.29, 1.82) is 0 Å². The van der Waals surface area contributed by atoms with Crippen molar-refractivity contribution in [3.05, 3.63) is 45.4 Å². The van der Waals surface area contributed by atoms with Crippen LogP contribution in [0.5, 0.6) is 0 Å². The number of nitrogens with zero attached hydrogens (tertiary/aromatic N) is 1. The molecule has 0 saturated heterocycles. The van der Waals surface area contributed by atoms with E-state index in [1.165, 1.54) is 0 Å². The Balaban J connectivity index is 2.18. The van der Waals surface area contributed by atoms with Gasteiger partial charge in [-0.3, -0.25) is 4.79 Å². The highest BCUT2D eigenvalue weighted by Gasteiger charge is 2.10. The van der Waals surface area contributed by atoms with E-state index >= 15 is 0 Å². The minimum absolute atomic E-state index is 0.246. The van der Waals surface area contributed by atoms with Crippen LogP contribution in [0, 0.1) is 6.92 Å². The van der Waals surface area contributed by atoms with Crippen molar-refractivity contribution in [2.24, 2.45) is 0 Å². The molecule has 0 saturated carbocycles. The molecule has 0 unspecified atom stereocenters. The van der Waals surface area contributed by atoms with Crippen molar-refractivity contribution >= 4 is 39.1 Å². The molecule has 2 aromatic heterocycles. The van der Waals surface area contributed by atoms with E-state index in [0.717, 1.165) is 10.3 Å². The van der Waals surface area contributed by atoms with Crippen molar-refractivity contribution in [3.63, 3.8) is 0 Å². The third-order valence-electron chi connectivity index (χ3n) is 2.19. The first-order chi connectivity index (χ1) is 8.06. The Morgan fingerprint density at radius 1 is 1.53 bits per heavy atom. The van der Waals surface area contributed by atoms with Crippen molar-refractivity contribution in [3.8, 4) is 0 Å². The van der Waals surface area contributed by atoms with E-state index in [9.17, 15) is 4.79 Å². The second kappa shape index (κ2) is 4.89. The first kappa shape index (κ1) is 12.1. The van der Waals surface area contributed by atoms with Gasteiger partial charge in [-0.05, 0) is 41.1 Å². The van der Waals surface area contributed by atoms with E-state index in [1.807, 2.05) is 6.92 Å². The van der Waals surface area contributed by atoms with E-state index in [0.29, 0.717) is 16.4 Å². The normalized spacial score (nSPS) is 10.3. The largest absolute Gasteiger partial charge is 0.356 e. The highest BCUT2D eigenvalue weighted by atomic mass is 79.9. The van der Waals surface area contributed by atoms with Crippen LogP contribution in [0.15, 0.2) is 29.0 Å². The Hall–Kier alpha value is -1.33. The summed E-state index contributed by atoms with van der Waals surface area (Å²) in [4.78, 5) is 18.8. The second-order valence-corrected chi connectivity index (χ2v) is 4.70. The zero-order chi connectivity index (χ0) is 12.4. The van der Waals surface area contributed by atoms with Crippen molar-refractivity contribution < 1.29 is 4.79 Å². The number of hydrogen-bond acceptors (Lipinski definition) is 2. The van der Waals surface area contributed by atoms with E-state index in [4.69, 9.17) is 11.6 Å². The summed E-state index contributed by atoms with van der Waals surface area (Å²) in [5.74, 6) is -0.246. The minimum atomic E-state index is -0.246. The molecule has 0 atom stereocenters. The van der Waals surface area contributed by atoms with Gasteiger partial charge in [-0.15, -0.1) is 0 Å². The van der Waals surface area contributed by atoms with Gasteiger partial charge in [0.15, 0.2) is 0 Å². The summed E-state index contributed by atoms with van der Waals surface area (Å²) < 4.78 is 0.732. The third-order valence-corrected chi connectivity index (χ3v) is 2.85. The maximum absolute atomic E-state index is 11.8. The number of amides is 1. The predicted molar refractivity (Wildman–Crippen MR) is 70.4 cm³/mol. The van der Waals surface area contributed by atoms with Crippen LogP contribution in [0.25, 0.3) is 0 Å². The highest BCUT2D eigenvalue weighted by molar-refractivity contribution is 9.10. The molecule has 1 amide bonds. The molecular formula is C11H9BrClN3O. The van der Waals surface area contributed by atoms with Gasteiger partial charge in [-0.2, -0.15) is 0 Å². The third kappa shape index (κ3) is 2.87. The molecule has 0 spiro atoms. The molecule has 2 heterocycles. The zero-order valence-corrected chi connectivity index (χ0v) is 11.3. The lowest BCUT2D eigenvalue weighted by Crippen LogP contribution is -2.13. The first-order valence-electron chi connectivity index (χ1n) is 4.84. The van der Waals surface area contributed by atoms with Crippen LogP contribution in [0.1, 0.15) is 16.2 Å². The Morgan fingerprint density at radius 2 is 2.29 bits per heavy atom. The molecule has 2 N–H and O–H groups in total. The van der Waals surface area contributed by atoms with E-state index in [1.54, 1.807) is 24.4 Å². The smallest absolute Gasteiger partial charge is 0.272 e.